The minimum atomic E-state index is 0.785. The van der Waals surface area contributed by atoms with E-state index in [9.17, 15) is 0 Å². The molecular weight excluding hydrogens is 1270 g/mol. The monoisotopic (exact) mass is 1340 g/mol. The molecule has 0 aliphatic carbocycles. The lowest BCUT2D eigenvalue weighted by Crippen LogP contribution is -2.10. The molecule has 11 nitrogen and oxygen atoms in total. The van der Waals surface area contributed by atoms with Gasteiger partial charge in [0.25, 0.3) is 0 Å². The highest BCUT2D eigenvalue weighted by molar-refractivity contribution is 7.18. The van der Waals surface area contributed by atoms with Gasteiger partial charge in [-0.05, 0) is 305 Å². The number of thiophene rings is 1. The fourth-order valence-electron chi connectivity index (χ4n) is 12.6. The maximum absolute atomic E-state index is 5.66. The quantitative estimate of drug-likeness (QED) is 0.0580. The van der Waals surface area contributed by atoms with Crippen LogP contribution in [0.15, 0.2) is 322 Å². The Morgan fingerprint density at radius 2 is 0.297 bits per heavy atom. The van der Waals surface area contributed by atoms with Crippen LogP contribution in [0.2, 0.25) is 0 Å². The van der Waals surface area contributed by atoms with Crippen molar-refractivity contribution in [2.45, 2.75) is 0 Å². The number of nitrogens with zero attached hydrogens (tertiary/aromatic N) is 4. The average Bonchev–Trinajstić information content (AvgIpc) is 0.936. The molecule has 0 bridgehead atoms. The van der Waals surface area contributed by atoms with Crippen LogP contribution in [0.3, 0.4) is 0 Å². The summed E-state index contributed by atoms with van der Waals surface area (Å²) in [7, 11) is 11.8. The average molecular weight is 1340 g/mol. The van der Waals surface area contributed by atoms with E-state index in [-0.39, 0.29) is 0 Å². The van der Waals surface area contributed by atoms with E-state index in [1.165, 1.54) is 9.75 Å². The van der Waals surface area contributed by atoms with Crippen LogP contribution >= 0.6 is 11.3 Å². The first-order chi connectivity index (χ1) is 49.7. The fourth-order valence-corrected chi connectivity index (χ4v) is 13.7. The van der Waals surface area contributed by atoms with Crippen molar-refractivity contribution in [2.24, 2.45) is 0 Å². The third-order valence-corrected chi connectivity index (χ3v) is 19.2. The van der Waals surface area contributed by atoms with E-state index in [0.717, 1.165) is 153 Å². The first kappa shape index (κ1) is 65.6. The van der Waals surface area contributed by atoms with E-state index < -0.39 is 0 Å². The Bertz CT molecular complexity index is 4730. The number of benzene rings is 13. The Morgan fingerprint density at radius 3 is 0.446 bits per heavy atom. The van der Waals surface area contributed by atoms with Crippen LogP contribution in [0.1, 0.15) is 0 Å². The van der Waals surface area contributed by atoms with Crippen molar-refractivity contribution in [1.29, 1.82) is 0 Å². The smallest absolute Gasteiger partial charge is 0.119 e. The Kier molecular flexibility index (Phi) is 19.5. The summed E-state index contributed by atoms with van der Waals surface area (Å²) >= 11 is 1.78. The summed E-state index contributed by atoms with van der Waals surface area (Å²) in [6.45, 7) is 0. The standard InChI is InChI=1S/C89H74N4O7S/c1-94-81-42-28-74(29-43-81)90(72-24-14-64(15-25-72)88-56-57-89(101-88)65-16-26-73(27-17-65)93(79-38-52-86(99-6)53-39-79)80-40-54-87(100-7)55-41-80)69-18-8-61(9-19-69)66-58-67(62-10-20-70(21-11-62)91(75-30-44-82(95-2)45-31-75)76-32-46-83(96-3)47-33-76)60-68(59-66)63-12-22-71(23-13-63)92(77-34-48-84(97-4)49-35-77)78-36-50-85(98-5)51-37-78/h8-60H,1-7H3. The third kappa shape index (κ3) is 14.4. The summed E-state index contributed by atoms with van der Waals surface area (Å²) in [5.74, 6) is 5.54. The topological polar surface area (TPSA) is 77.6 Å². The van der Waals surface area contributed by atoms with E-state index in [1.807, 2.05) is 84.9 Å². The van der Waals surface area contributed by atoms with Gasteiger partial charge in [0.1, 0.15) is 40.2 Å². The highest BCUT2D eigenvalue weighted by atomic mass is 32.1. The summed E-state index contributed by atoms with van der Waals surface area (Å²) in [4.78, 5) is 11.4. The van der Waals surface area contributed by atoms with E-state index in [4.69, 9.17) is 33.2 Å². The minimum Gasteiger partial charge on any atom is -0.497 e. The van der Waals surface area contributed by atoms with E-state index >= 15 is 0 Å². The second-order valence-corrected chi connectivity index (χ2v) is 25.0. The molecule has 1 heterocycles. The molecule has 0 N–H and O–H groups in total. The number of methoxy groups -OCH3 is 7. The zero-order valence-corrected chi connectivity index (χ0v) is 58.0. The molecule has 101 heavy (non-hydrogen) atoms. The highest BCUT2D eigenvalue weighted by Crippen LogP contribution is 2.45. The van der Waals surface area contributed by atoms with E-state index in [2.05, 4.69) is 256 Å². The lowest BCUT2D eigenvalue weighted by atomic mass is 9.93. The van der Waals surface area contributed by atoms with Gasteiger partial charge in [-0.3, -0.25) is 0 Å². The van der Waals surface area contributed by atoms with Crippen molar-refractivity contribution in [3.63, 3.8) is 0 Å². The number of rotatable bonds is 24. The molecule has 1 aromatic heterocycles. The molecule has 0 fully saturated rings. The van der Waals surface area contributed by atoms with Crippen LogP contribution < -0.4 is 52.8 Å². The van der Waals surface area contributed by atoms with Gasteiger partial charge in [-0.25, -0.2) is 0 Å². The molecule has 0 atom stereocenters. The second-order valence-electron chi connectivity index (χ2n) is 23.9. The van der Waals surface area contributed by atoms with Crippen molar-refractivity contribution in [1.82, 2.24) is 0 Å². The number of anilines is 12. The molecule has 13 aromatic carbocycles. The van der Waals surface area contributed by atoms with Gasteiger partial charge in [0.05, 0.1) is 49.8 Å². The van der Waals surface area contributed by atoms with Gasteiger partial charge in [-0.2, -0.15) is 0 Å². The molecule has 0 unspecified atom stereocenters. The Morgan fingerprint density at radius 1 is 0.158 bits per heavy atom. The maximum atomic E-state index is 5.66. The first-order valence-corrected chi connectivity index (χ1v) is 33.9. The molecule has 498 valence electrons. The summed E-state index contributed by atoms with van der Waals surface area (Å²) in [5, 5.41) is 0. The predicted molar refractivity (Wildman–Crippen MR) is 416 cm³/mol. The predicted octanol–water partition coefficient (Wildman–Crippen LogP) is 24.0. The number of hydrogen-bond donors (Lipinski definition) is 0. The maximum Gasteiger partial charge on any atom is 0.119 e. The van der Waals surface area contributed by atoms with E-state index in [0.29, 0.717) is 0 Å². The first-order valence-electron chi connectivity index (χ1n) is 33.1. The van der Waals surface area contributed by atoms with E-state index in [1.54, 1.807) is 61.1 Å². The third-order valence-electron chi connectivity index (χ3n) is 18.0. The summed E-state index contributed by atoms with van der Waals surface area (Å²) in [6, 6.07) is 112. The summed E-state index contributed by atoms with van der Waals surface area (Å²) in [6.07, 6.45) is 0. The van der Waals surface area contributed by atoms with Crippen molar-refractivity contribution in [2.75, 3.05) is 69.4 Å². The lowest BCUT2D eigenvalue weighted by molar-refractivity contribution is 0.414. The highest BCUT2D eigenvalue weighted by Gasteiger charge is 2.21. The Hall–Kier alpha value is -12.6. The Labute approximate surface area is 594 Å². The largest absolute Gasteiger partial charge is 0.497 e. The van der Waals surface area contributed by atoms with Crippen LogP contribution in [0.4, 0.5) is 68.2 Å². The molecule has 0 radical (unpaired) electrons. The van der Waals surface area contributed by atoms with Gasteiger partial charge in [0.2, 0.25) is 0 Å². The normalized spacial score (nSPS) is 10.9. The molecule has 0 saturated carbocycles. The zero-order valence-electron chi connectivity index (χ0n) is 57.2. The van der Waals surface area contributed by atoms with Crippen LogP contribution in [0.5, 0.6) is 40.2 Å². The number of hydrogen-bond acceptors (Lipinski definition) is 12. The SMILES string of the molecule is COc1ccc(N(c2ccc(OC)cc2)c2ccc(-c3cc(-c4ccc(N(c5ccc(OC)cc5)c5ccc(OC)cc5)cc4)cc(-c4ccc(N(c5ccc(OC)cc5)c5ccc(-c6ccc(-c7ccc(N(c8ccc(OC)cc8)c8ccc(OC)cc8)cc7)s6)cc5)cc4)c3)cc2)cc1. The van der Waals surface area contributed by atoms with Gasteiger partial charge >= 0.3 is 0 Å². The van der Waals surface area contributed by atoms with Gasteiger partial charge in [-0.1, -0.05) is 60.7 Å². The molecule has 0 aliphatic rings. The molecular formula is C89H74N4O7S. The molecule has 12 heteroatoms. The van der Waals surface area contributed by atoms with Crippen molar-refractivity contribution in [3.8, 4) is 94.5 Å². The molecule has 0 aliphatic heterocycles. The van der Waals surface area contributed by atoms with Gasteiger partial charge in [-0.15, -0.1) is 11.3 Å². The summed E-state index contributed by atoms with van der Waals surface area (Å²) < 4.78 is 38.9. The lowest BCUT2D eigenvalue weighted by Gasteiger charge is -2.26. The van der Waals surface area contributed by atoms with Gasteiger partial charge < -0.3 is 52.8 Å². The van der Waals surface area contributed by atoms with Crippen LogP contribution in [0, 0.1) is 0 Å². The number of ether oxygens (including phenoxy) is 7. The van der Waals surface area contributed by atoms with Gasteiger partial charge in [0.15, 0.2) is 0 Å². The second kappa shape index (κ2) is 30.0. The molecule has 14 rings (SSSR count). The van der Waals surface area contributed by atoms with Gasteiger partial charge in [0, 0.05) is 78.0 Å². The van der Waals surface area contributed by atoms with Crippen LogP contribution in [-0.2, 0) is 0 Å². The van der Waals surface area contributed by atoms with Crippen molar-refractivity contribution >= 4 is 79.6 Å². The molecule has 0 spiro atoms. The van der Waals surface area contributed by atoms with Crippen molar-refractivity contribution in [3.05, 3.63) is 322 Å². The molecule has 14 aromatic rings. The fraction of sp³-hybridized carbons (Fsp3) is 0.0787. The zero-order chi connectivity index (χ0) is 69.2. The minimum absolute atomic E-state index is 0.785. The molecule has 0 amide bonds. The van der Waals surface area contributed by atoms with Crippen LogP contribution in [-0.4, -0.2) is 49.8 Å². The van der Waals surface area contributed by atoms with Crippen molar-refractivity contribution < 1.29 is 33.2 Å². The summed E-state index contributed by atoms with van der Waals surface area (Å²) in [5.41, 5.74) is 20.8. The molecule has 0 saturated heterocycles. The Balaban J connectivity index is 0.788. The van der Waals surface area contributed by atoms with Crippen LogP contribution in [0.25, 0.3) is 54.3 Å².